The van der Waals surface area contributed by atoms with Gasteiger partial charge in [-0.1, -0.05) is 34.6 Å². The van der Waals surface area contributed by atoms with Gasteiger partial charge in [0.25, 0.3) is 0 Å². The number of carbonyl (C=O) groups excluding carboxylic acids is 2. The SMILES string of the molecule is CC(C)[C@H]1CCN(C(=O)C(NC(=O)OC(C)(C)C)C(C)(C)C)C1C(=O)O. The summed E-state index contributed by atoms with van der Waals surface area (Å²) in [5.41, 5.74) is -1.28. The van der Waals surface area contributed by atoms with Gasteiger partial charge in [0.2, 0.25) is 5.91 Å². The van der Waals surface area contributed by atoms with Crippen molar-refractivity contribution in [3.05, 3.63) is 0 Å². The number of carboxylic acid groups (broad SMARTS) is 1. The molecular weight excluding hydrogens is 336 g/mol. The lowest BCUT2D eigenvalue weighted by Gasteiger charge is -2.36. The maximum atomic E-state index is 13.2. The number of carboxylic acids is 1. The number of carbonyl (C=O) groups is 3. The molecule has 1 rings (SSSR count). The minimum absolute atomic E-state index is 0.0985. The Morgan fingerprint density at radius 2 is 1.65 bits per heavy atom. The van der Waals surface area contributed by atoms with Gasteiger partial charge in [-0.2, -0.15) is 0 Å². The molecule has 0 aromatic rings. The molecule has 0 spiro atoms. The summed E-state index contributed by atoms with van der Waals surface area (Å²) in [6, 6.07) is -1.74. The van der Waals surface area contributed by atoms with Gasteiger partial charge in [-0.15, -0.1) is 0 Å². The second-order valence-corrected chi connectivity index (χ2v) is 9.46. The number of nitrogens with one attached hydrogen (secondary N) is 1. The van der Waals surface area contributed by atoms with Crippen LogP contribution in [0, 0.1) is 17.3 Å². The van der Waals surface area contributed by atoms with E-state index in [0.29, 0.717) is 13.0 Å². The zero-order valence-electron chi connectivity index (χ0n) is 17.3. The maximum absolute atomic E-state index is 13.2. The second kappa shape index (κ2) is 7.84. The van der Waals surface area contributed by atoms with E-state index >= 15 is 0 Å². The van der Waals surface area contributed by atoms with E-state index in [9.17, 15) is 19.5 Å². The molecule has 7 heteroatoms. The van der Waals surface area contributed by atoms with Crippen LogP contribution in [0.15, 0.2) is 0 Å². The molecule has 2 N–H and O–H groups in total. The topological polar surface area (TPSA) is 95.9 Å². The fourth-order valence-corrected chi connectivity index (χ4v) is 3.32. The summed E-state index contributed by atoms with van der Waals surface area (Å²) in [6.07, 6.45) is -0.0406. The van der Waals surface area contributed by atoms with Crippen LogP contribution in [-0.4, -0.2) is 52.2 Å². The second-order valence-electron chi connectivity index (χ2n) is 9.46. The molecule has 2 amide bonds. The van der Waals surface area contributed by atoms with Gasteiger partial charge in [-0.25, -0.2) is 9.59 Å². The molecule has 2 unspecified atom stereocenters. The lowest BCUT2D eigenvalue weighted by Crippen LogP contribution is -2.58. The standard InChI is InChI=1S/C19H34N2O5/c1-11(2)12-9-10-21(13(12)16(23)24)15(22)14(18(3,4)5)20-17(25)26-19(6,7)8/h11-14H,9-10H2,1-8H3,(H,20,25)(H,23,24)/t12-,13?,14?/m1/s1. The van der Waals surface area contributed by atoms with Crippen molar-refractivity contribution in [2.75, 3.05) is 6.54 Å². The summed E-state index contributed by atoms with van der Waals surface area (Å²) in [4.78, 5) is 38.6. The van der Waals surface area contributed by atoms with Crippen LogP contribution in [0.25, 0.3) is 0 Å². The number of hydrogen-bond donors (Lipinski definition) is 2. The lowest BCUT2D eigenvalue weighted by atomic mass is 9.85. The molecule has 0 saturated carbocycles. The number of ether oxygens (including phenoxy) is 1. The van der Waals surface area contributed by atoms with E-state index in [2.05, 4.69) is 5.32 Å². The summed E-state index contributed by atoms with van der Waals surface area (Å²) in [7, 11) is 0. The average Bonchev–Trinajstić information content (AvgIpc) is 2.86. The van der Waals surface area contributed by atoms with Crippen molar-refractivity contribution >= 4 is 18.0 Å². The van der Waals surface area contributed by atoms with Gasteiger partial charge in [-0.05, 0) is 44.4 Å². The highest BCUT2D eigenvalue weighted by molar-refractivity contribution is 5.90. The molecule has 1 fully saturated rings. The van der Waals surface area contributed by atoms with Gasteiger partial charge in [0.1, 0.15) is 17.7 Å². The molecule has 150 valence electrons. The van der Waals surface area contributed by atoms with Crippen molar-refractivity contribution < 1.29 is 24.2 Å². The van der Waals surface area contributed by atoms with Crippen molar-refractivity contribution in [2.24, 2.45) is 17.3 Å². The number of rotatable bonds is 4. The Bertz CT molecular complexity index is 545. The minimum atomic E-state index is -1.00. The zero-order valence-corrected chi connectivity index (χ0v) is 17.3. The molecular formula is C19H34N2O5. The van der Waals surface area contributed by atoms with E-state index in [1.54, 1.807) is 20.8 Å². The number of alkyl carbamates (subject to hydrolysis) is 1. The summed E-state index contributed by atoms with van der Waals surface area (Å²) in [6.45, 7) is 15.0. The molecule has 26 heavy (non-hydrogen) atoms. The Hall–Kier alpha value is -1.79. The molecule has 3 atom stereocenters. The summed E-state index contributed by atoms with van der Waals surface area (Å²) < 4.78 is 5.27. The van der Waals surface area contributed by atoms with Crippen LogP contribution in [0.4, 0.5) is 4.79 Å². The number of amides is 2. The molecule has 7 nitrogen and oxygen atoms in total. The van der Waals surface area contributed by atoms with Crippen molar-refractivity contribution in [1.82, 2.24) is 10.2 Å². The maximum Gasteiger partial charge on any atom is 0.408 e. The van der Waals surface area contributed by atoms with Crippen molar-refractivity contribution in [3.8, 4) is 0 Å². The van der Waals surface area contributed by atoms with Gasteiger partial charge in [0.15, 0.2) is 0 Å². The van der Waals surface area contributed by atoms with Crippen molar-refractivity contribution in [1.29, 1.82) is 0 Å². The third-order valence-electron chi connectivity index (χ3n) is 4.61. The van der Waals surface area contributed by atoms with E-state index in [-0.39, 0.29) is 17.7 Å². The van der Waals surface area contributed by atoms with Crippen molar-refractivity contribution in [2.45, 2.75) is 79.5 Å². The highest BCUT2D eigenvalue weighted by atomic mass is 16.6. The highest BCUT2D eigenvalue weighted by Crippen LogP contribution is 2.33. The van der Waals surface area contributed by atoms with Crippen molar-refractivity contribution in [3.63, 3.8) is 0 Å². The van der Waals surface area contributed by atoms with Crippen LogP contribution < -0.4 is 5.32 Å². The van der Waals surface area contributed by atoms with Crippen LogP contribution in [0.1, 0.15) is 61.8 Å². The first-order chi connectivity index (χ1) is 11.6. The quantitative estimate of drug-likeness (QED) is 0.793. The highest BCUT2D eigenvalue weighted by Gasteiger charge is 2.47. The Labute approximate surface area is 156 Å². The smallest absolute Gasteiger partial charge is 0.408 e. The zero-order chi connectivity index (χ0) is 20.4. The molecule has 1 aliphatic heterocycles. The molecule has 1 saturated heterocycles. The minimum Gasteiger partial charge on any atom is -0.480 e. The third-order valence-corrected chi connectivity index (χ3v) is 4.61. The molecule has 0 aliphatic carbocycles. The largest absolute Gasteiger partial charge is 0.480 e. The van der Waals surface area contributed by atoms with Gasteiger partial charge in [0.05, 0.1) is 0 Å². The molecule has 0 aromatic heterocycles. The molecule has 1 aliphatic rings. The fraction of sp³-hybridized carbons (Fsp3) is 0.842. The van der Waals surface area contributed by atoms with Gasteiger partial charge in [-0.3, -0.25) is 4.79 Å². The lowest BCUT2D eigenvalue weighted by molar-refractivity contribution is -0.152. The van der Waals surface area contributed by atoms with Crippen LogP contribution in [0.3, 0.4) is 0 Å². The van der Waals surface area contributed by atoms with Crippen LogP contribution in [0.2, 0.25) is 0 Å². The monoisotopic (exact) mass is 370 g/mol. The Morgan fingerprint density at radius 3 is 2.04 bits per heavy atom. The fourth-order valence-electron chi connectivity index (χ4n) is 3.32. The van der Waals surface area contributed by atoms with Crippen LogP contribution in [-0.2, 0) is 14.3 Å². The van der Waals surface area contributed by atoms with Gasteiger partial charge < -0.3 is 20.1 Å². The predicted molar refractivity (Wildman–Crippen MR) is 98.7 cm³/mol. The van der Waals surface area contributed by atoms with E-state index in [1.807, 2.05) is 34.6 Å². The van der Waals surface area contributed by atoms with E-state index in [4.69, 9.17) is 4.74 Å². The number of aliphatic carboxylic acids is 1. The van der Waals surface area contributed by atoms with E-state index in [1.165, 1.54) is 4.90 Å². The Morgan fingerprint density at radius 1 is 1.12 bits per heavy atom. The number of likely N-dealkylation sites (tertiary alicyclic amines) is 1. The predicted octanol–water partition coefficient (Wildman–Crippen LogP) is 2.88. The first-order valence-electron chi connectivity index (χ1n) is 9.18. The third kappa shape index (κ3) is 5.61. The summed E-state index contributed by atoms with van der Waals surface area (Å²) >= 11 is 0. The first kappa shape index (κ1) is 22.3. The molecule has 0 aromatic carbocycles. The molecule has 1 heterocycles. The van der Waals surface area contributed by atoms with E-state index < -0.39 is 35.2 Å². The summed E-state index contributed by atoms with van der Waals surface area (Å²) in [5, 5.41) is 12.3. The van der Waals surface area contributed by atoms with Gasteiger partial charge >= 0.3 is 12.1 Å². The number of hydrogen-bond acceptors (Lipinski definition) is 4. The van der Waals surface area contributed by atoms with Crippen LogP contribution in [0.5, 0.6) is 0 Å². The molecule has 0 bridgehead atoms. The Kier molecular flexibility index (Phi) is 6.71. The van der Waals surface area contributed by atoms with Gasteiger partial charge in [0, 0.05) is 6.54 Å². The van der Waals surface area contributed by atoms with E-state index in [0.717, 1.165) is 0 Å². The normalized spacial score (nSPS) is 22.3. The Balaban J connectivity index is 3.06. The average molecular weight is 370 g/mol. The van der Waals surface area contributed by atoms with Crippen LogP contribution >= 0.6 is 0 Å². The first-order valence-corrected chi connectivity index (χ1v) is 9.18. The number of nitrogens with zero attached hydrogens (tertiary/aromatic N) is 1. The summed E-state index contributed by atoms with van der Waals surface area (Å²) in [5.74, 6) is -1.32. The molecule has 0 radical (unpaired) electrons.